The summed E-state index contributed by atoms with van der Waals surface area (Å²) < 4.78 is 12.0. The number of fused-ring (bicyclic) bond motifs is 1. The van der Waals surface area contributed by atoms with E-state index < -0.39 is 0 Å². The number of furan rings is 1. The molecule has 0 saturated carbocycles. The van der Waals surface area contributed by atoms with Crippen molar-refractivity contribution in [1.29, 1.82) is 0 Å². The van der Waals surface area contributed by atoms with E-state index in [2.05, 4.69) is 20.9 Å². The first kappa shape index (κ1) is 11.5. The van der Waals surface area contributed by atoms with Crippen molar-refractivity contribution in [2.45, 2.75) is 19.8 Å². The standard InChI is InChI=1S/C14H12BrNO2/c1-9-7-11(15)14-12(8-9)16-13(18-14)5-4-10-3-2-6-17-10/h2-3,6-8H,4-5H2,1H3. The molecule has 3 nitrogen and oxygen atoms in total. The fourth-order valence-electron chi connectivity index (χ4n) is 1.96. The highest BCUT2D eigenvalue weighted by atomic mass is 79.9. The van der Waals surface area contributed by atoms with Crippen LogP contribution in [-0.4, -0.2) is 4.98 Å². The number of hydrogen-bond donors (Lipinski definition) is 0. The SMILES string of the molecule is Cc1cc(Br)c2oc(CCc3ccco3)nc2c1. The highest BCUT2D eigenvalue weighted by Gasteiger charge is 2.10. The summed E-state index contributed by atoms with van der Waals surface area (Å²) >= 11 is 3.50. The molecule has 0 aliphatic carbocycles. The number of hydrogen-bond acceptors (Lipinski definition) is 3. The summed E-state index contributed by atoms with van der Waals surface area (Å²) in [7, 11) is 0. The lowest BCUT2D eigenvalue weighted by Crippen LogP contribution is -1.88. The molecular formula is C14H12BrNO2. The summed E-state index contributed by atoms with van der Waals surface area (Å²) in [5.41, 5.74) is 2.88. The Morgan fingerprint density at radius 2 is 2.17 bits per heavy atom. The van der Waals surface area contributed by atoms with Gasteiger partial charge in [0.15, 0.2) is 11.5 Å². The zero-order valence-corrected chi connectivity index (χ0v) is 11.5. The highest BCUT2D eigenvalue weighted by Crippen LogP contribution is 2.26. The molecule has 0 spiro atoms. The van der Waals surface area contributed by atoms with E-state index >= 15 is 0 Å². The van der Waals surface area contributed by atoms with E-state index in [-0.39, 0.29) is 0 Å². The summed E-state index contributed by atoms with van der Waals surface area (Å²) in [6.07, 6.45) is 3.23. The van der Waals surface area contributed by atoms with Crippen molar-refractivity contribution < 1.29 is 8.83 Å². The Labute approximate surface area is 113 Å². The summed E-state index contributed by atoms with van der Waals surface area (Å²) in [6, 6.07) is 7.91. The third-order valence-electron chi connectivity index (χ3n) is 2.80. The van der Waals surface area contributed by atoms with Crippen molar-refractivity contribution in [3.05, 3.63) is 52.2 Å². The van der Waals surface area contributed by atoms with E-state index in [9.17, 15) is 0 Å². The van der Waals surface area contributed by atoms with Gasteiger partial charge >= 0.3 is 0 Å². The lowest BCUT2D eigenvalue weighted by Gasteiger charge is -1.93. The summed E-state index contributed by atoms with van der Waals surface area (Å²) in [6.45, 7) is 2.04. The van der Waals surface area contributed by atoms with Crippen molar-refractivity contribution in [3.63, 3.8) is 0 Å². The van der Waals surface area contributed by atoms with E-state index in [1.165, 1.54) is 5.56 Å². The van der Waals surface area contributed by atoms with Crippen LogP contribution in [-0.2, 0) is 12.8 Å². The first-order valence-electron chi connectivity index (χ1n) is 5.80. The minimum Gasteiger partial charge on any atom is -0.469 e. The van der Waals surface area contributed by atoms with Gasteiger partial charge in [-0.1, -0.05) is 0 Å². The molecule has 1 aromatic carbocycles. The fourth-order valence-corrected chi connectivity index (χ4v) is 2.61. The summed E-state index contributed by atoms with van der Waals surface area (Å²) in [5, 5.41) is 0. The zero-order chi connectivity index (χ0) is 12.5. The molecule has 0 aliphatic rings. The molecule has 0 bridgehead atoms. The van der Waals surface area contributed by atoms with Crippen LogP contribution >= 0.6 is 15.9 Å². The molecule has 0 aliphatic heterocycles. The van der Waals surface area contributed by atoms with Crippen LogP contribution in [0.2, 0.25) is 0 Å². The third-order valence-corrected chi connectivity index (χ3v) is 3.39. The lowest BCUT2D eigenvalue weighted by atomic mass is 10.2. The second-order valence-electron chi connectivity index (χ2n) is 4.28. The number of nitrogens with zero attached hydrogens (tertiary/aromatic N) is 1. The maximum atomic E-state index is 5.75. The number of benzene rings is 1. The van der Waals surface area contributed by atoms with Gasteiger partial charge in [0.1, 0.15) is 11.3 Å². The van der Waals surface area contributed by atoms with Gasteiger partial charge in [-0.05, 0) is 52.7 Å². The van der Waals surface area contributed by atoms with Gasteiger partial charge in [0.25, 0.3) is 0 Å². The molecule has 0 N–H and O–H groups in total. The Morgan fingerprint density at radius 3 is 2.94 bits per heavy atom. The molecule has 2 heterocycles. The molecular weight excluding hydrogens is 294 g/mol. The normalized spacial score (nSPS) is 11.2. The van der Waals surface area contributed by atoms with E-state index in [4.69, 9.17) is 8.83 Å². The summed E-state index contributed by atoms with van der Waals surface area (Å²) in [4.78, 5) is 4.50. The quantitative estimate of drug-likeness (QED) is 0.725. The van der Waals surface area contributed by atoms with Gasteiger partial charge in [-0.15, -0.1) is 0 Å². The predicted molar refractivity (Wildman–Crippen MR) is 72.6 cm³/mol. The fraction of sp³-hybridized carbons (Fsp3) is 0.214. The van der Waals surface area contributed by atoms with Crippen molar-refractivity contribution in [3.8, 4) is 0 Å². The summed E-state index contributed by atoms with van der Waals surface area (Å²) in [5.74, 6) is 1.69. The Kier molecular flexibility index (Phi) is 2.96. The van der Waals surface area contributed by atoms with Crippen LogP contribution < -0.4 is 0 Å². The molecule has 3 aromatic rings. The molecule has 0 radical (unpaired) electrons. The second kappa shape index (κ2) is 4.61. The Balaban J connectivity index is 1.87. The van der Waals surface area contributed by atoms with Crippen molar-refractivity contribution >= 4 is 27.0 Å². The molecule has 0 unspecified atom stereocenters. The lowest BCUT2D eigenvalue weighted by molar-refractivity contribution is 0.480. The second-order valence-corrected chi connectivity index (χ2v) is 5.14. The molecule has 0 saturated heterocycles. The molecule has 0 atom stereocenters. The molecule has 0 fully saturated rings. The molecule has 18 heavy (non-hydrogen) atoms. The van der Waals surface area contributed by atoms with Crippen LogP contribution in [0.1, 0.15) is 17.2 Å². The molecule has 4 heteroatoms. The zero-order valence-electron chi connectivity index (χ0n) is 9.94. The third kappa shape index (κ3) is 2.20. The highest BCUT2D eigenvalue weighted by molar-refractivity contribution is 9.10. The van der Waals surface area contributed by atoms with E-state index in [1.54, 1.807) is 6.26 Å². The monoisotopic (exact) mass is 305 g/mol. The number of aromatic nitrogens is 1. The van der Waals surface area contributed by atoms with Gasteiger partial charge in [-0.3, -0.25) is 0 Å². The van der Waals surface area contributed by atoms with Gasteiger partial charge in [0.05, 0.1) is 10.7 Å². The number of oxazole rings is 1. The van der Waals surface area contributed by atoms with Crippen LogP contribution in [0.5, 0.6) is 0 Å². The van der Waals surface area contributed by atoms with Crippen LogP contribution in [0.3, 0.4) is 0 Å². The first-order valence-corrected chi connectivity index (χ1v) is 6.59. The van der Waals surface area contributed by atoms with Gasteiger partial charge in [0, 0.05) is 12.8 Å². The van der Waals surface area contributed by atoms with Crippen LogP contribution in [0.15, 0.2) is 43.8 Å². The maximum Gasteiger partial charge on any atom is 0.195 e. The van der Waals surface area contributed by atoms with Crippen molar-refractivity contribution in [2.75, 3.05) is 0 Å². The van der Waals surface area contributed by atoms with Gasteiger partial charge in [0.2, 0.25) is 0 Å². The predicted octanol–water partition coefficient (Wildman–Crippen LogP) is 4.28. The average Bonchev–Trinajstić information content (AvgIpc) is 2.93. The average molecular weight is 306 g/mol. The van der Waals surface area contributed by atoms with Crippen LogP contribution in [0.4, 0.5) is 0 Å². The smallest absolute Gasteiger partial charge is 0.195 e. The topological polar surface area (TPSA) is 39.2 Å². The molecule has 0 amide bonds. The van der Waals surface area contributed by atoms with E-state index in [0.717, 1.165) is 40.1 Å². The van der Waals surface area contributed by atoms with Gasteiger partial charge in [-0.2, -0.15) is 0 Å². The largest absolute Gasteiger partial charge is 0.469 e. The first-order chi connectivity index (χ1) is 8.72. The Hall–Kier alpha value is -1.55. The Bertz CT molecular complexity index is 670. The van der Waals surface area contributed by atoms with Gasteiger partial charge in [-0.25, -0.2) is 4.98 Å². The molecule has 92 valence electrons. The van der Waals surface area contributed by atoms with Crippen LogP contribution in [0.25, 0.3) is 11.1 Å². The molecule has 3 rings (SSSR count). The minimum absolute atomic E-state index is 0.743. The van der Waals surface area contributed by atoms with Crippen LogP contribution in [0, 0.1) is 6.92 Å². The van der Waals surface area contributed by atoms with E-state index in [1.807, 2.05) is 31.2 Å². The van der Waals surface area contributed by atoms with Crippen molar-refractivity contribution in [2.24, 2.45) is 0 Å². The molecule has 2 aromatic heterocycles. The number of aryl methyl sites for hydroxylation is 3. The minimum atomic E-state index is 0.743. The van der Waals surface area contributed by atoms with Crippen molar-refractivity contribution in [1.82, 2.24) is 4.98 Å². The maximum absolute atomic E-state index is 5.75. The van der Waals surface area contributed by atoms with Gasteiger partial charge < -0.3 is 8.83 Å². The number of halogens is 1. The van der Waals surface area contributed by atoms with E-state index in [0.29, 0.717) is 0 Å². The number of rotatable bonds is 3. The Morgan fingerprint density at radius 1 is 1.28 bits per heavy atom.